The number of rotatable bonds is 8. The molecule has 0 saturated carbocycles. The lowest BCUT2D eigenvalue weighted by atomic mass is 9.99. The van der Waals surface area contributed by atoms with Gasteiger partial charge in [0.2, 0.25) is 0 Å². The van der Waals surface area contributed by atoms with E-state index in [0.717, 1.165) is 58.0 Å². The van der Waals surface area contributed by atoms with Gasteiger partial charge in [0, 0.05) is 18.7 Å². The van der Waals surface area contributed by atoms with Gasteiger partial charge in [-0.1, -0.05) is 43.3 Å². The fraction of sp³-hybridized carbons (Fsp3) is 0.455. The normalized spacial score (nSPS) is 15.2. The SMILES string of the molecule is CCCOc1ccc(CCCN2CCOCC2)cc1-c1ccccc1. The van der Waals surface area contributed by atoms with E-state index in [1.165, 1.54) is 23.1 Å². The van der Waals surface area contributed by atoms with E-state index in [-0.39, 0.29) is 0 Å². The fourth-order valence-electron chi connectivity index (χ4n) is 3.25. The van der Waals surface area contributed by atoms with Crippen molar-refractivity contribution in [1.29, 1.82) is 0 Å². The number of benzene rings is 2. The Morgan fingerprint density at radius 1 is 1.04 bits per heavy atom. The Morgan fingerprint density at radius 3 is 2.60 bits per heavy atom. The smallest absolute Gasteiger partial charge is 0.127 e. The van der Waals surface area contributed by atoms with Crippen LogP contribution in [0.15, 0.2) is 48.5 Å². The van der Waals surface area contributed by atoms with Gasteiger partial charge in [0.15, 0.2) is 0 Å². The van der Waals surface area contributed by atoms with Gasteiger partial charge in [0.25, 0.3) is 0 Å². The van der Waals surface area contributed by atoms with E-state index in [0.29, 0.717) is 0 Å². The van der Waals surface area contributed by atoms with E-state index in [4.69, 9.17) is 9.47 Å². The number of morpholine rings is 1. The van der Waals surface area contributed by atoms with Crippen LogP contribution in [-0.4, -0.2) is 44.4 Å². The van der Waals surface area contributed by atoms with Crippen LogP contribution in [0.4, 0.5) is 0 Å². The molecule has 3 rings (SSSR count). The zero-order chi connectivity index (χ0) is 17.3. The molecule has 1 aliphatic heterocycles. The molecule has 0 aliphatic carbocycles. The van der Waals surface area contributed by atoms with Crippen LogP contribution in [0, 0.1) is 0 Å². The van der Waals surface area contributed by atoms with Crippen LogP contribution >= 0.6 is 0 Å². The summed E-state index contributed by atoms with van der Waals surface area (Å²) < 4.78 is 11.4. The molecule has 0 radical (unpaired) electrons. The molecule has 3 nitrogen and oxygen atoms in total. The Balaban J connectivity index is 1.67. The Hall–Kier alpha value is -1.84. The number of hydrogen-bond acceptors (Lipinski definition) is 3. The summed E-state index contributed by atoms with van der Waals surface area (Å²) in [5, 5.41) is 0. The molecular weight excluding hydrogens is 310 g/mol. The van der Waals surface area contributed by atoms with Crippen molar-refractivity contribution in [3.8, 4) is 16.9 Å². The van der Waals surface area contributed by atoms with Crippen molar-refractivity contribution in [3.63, 3.8) is 0 Å². The van der Waals surface area contributed by atoms with E-state index in [1.807, 2.05) is 0 Å². The molecule has 3 heteroatoms. The summed E-state index contributed by atoms with van der Waals surface area (Å²) in [6.45, 7) is 7.94. The third-order valence-electron chi connectivity index (χ3n) is 4.63. The van der Waals surface area contributed by atoms with Gasteiger partial charge in [-0.15, -0.1) is 0 Å². The predicted molar refractivity (Wildman–Crippen MR) is 103 cm³/mol. The summed E-state index contributed by atoms with van der Waals surface area (Å²) >= 11 is 0. The first-order valence-electron chi connectivity index (χ1n) is 9.48. The van der Waals surface area contributed by atoms with Crippen LogP contribution in [0.5, 0.6) is 5.75 Å². The average Bonchev–Trinajstić information content (AvgIpc) is 2.68. The molecule has 0 bridgehead atoms. The Kier molecular flexibility index (Phi) is 6.89. The maximum absolute atomic E-state index is 5.97. The van der Waals surface area contributed by atoms with Crippen molar-refractivity contribution in [2.24, 2.45) is 0 Å². The molecule has 0 spiro atoms. The Bertz CT molecular complexity index is 636. The fourth-order valence-corrected chi connectivity index (χ4v) is 3.25. The van der Waals surface area contributed by atoms with Crippen LogP contribution < -0.4 is 4.74 Å². The molecule has 134 valence electrons. The molecular formula is C22H29NO2. The van der Waals surface area contributed by atoms with Crippen molar-refractivity contribution in [1.82, 2.24) is 4.90 Å². The second-order valence-corrected chi connectivity index (χ2v) is 6.60. The maximum atomic E-state index is 5.97. The molecule has 0 amide bonds. The van der Waals surface area contributed by atoms with Gasteiger partial charge in [-0.25, -0.2) is 0 Å². The van der Waals surface area contributed by atoms with Gasteiger partial charge >= 0.3 is 0 Å². The van der Waals surface area contributed by atoms with Crippen LogP contribution in [0.25, 0.3) is 11.1 Å². The highest BCUT2D eigenvalue weighted by atomic mass is 16.5. The predicted octanol–water partition coefficient (Wildman–Crippen LogP) is 4.41. The summed E-state index contributed by atoms with van der Waals surface area (Å²) in [5.41, 5.74) is 3.82. The van der Waals surface area contributed by atoms with Crippen LogP contribution in [0.3, 0.4) is 0 Å². The van der Waals surface area contributed by atoms with Gasteiger partial charge in [-0.3, -0.25) is 4.90 Å². The third-order valence-corrected chi connectivity index (χ3v) is 4.63. The summed E-state index contributed by atoms with van der Waals surface area (Å²) in [4.78, 5) is 2.50. The van der Waals surface area contributed by atoms with E-state index in [2.05, 4.69) is 60.4 Å². The van der Waals surface area contributed by atoms with Gasteiger partial charge in [0.1, 0.15) is 5.75 Å². The van der Waals surface area contributed by atoms with E-state index < -0.39 is 0 Å². The summed E-state index contributed by atoms with van der Waals surface area (Å²) in [5.74, 6) is 0.991. The summed E-state index contributed by atoms with van der Waals surface area (Å²) in [6.07, 6.45) is 3.31. The number of ether oxygens (including phenoxy) is 2. The monoisotopic (exact) mass is 339 g/mol. The highest BCUT2D eigenvalue weighted by molar-refractivity contribution is 5.71. The minimum Gasteiger partial charge on any atom is -0.493 e. The van der Waals surface area contributed by atoms with E-state index in [9.17, 15) is 0 Å². The minimum absolute atomic E-state index is 0.760. The van der Waals surface area contributed by atoms with Crippen molar-refractivity contribution in [2.45, 2.75) is 26.2 Å². The maximum Gasteiger partial charge on any atom is 0.127 e. The molecule has 0 N–H and O–H groups in total. The lowest BCUT2D eigenvalue weighted by Crippen LogP contribution is -2.36. The molecule has 0 atom stereocenters. The van der Waals surface area contributed by atoms with Crippen molar-refractivity contribution < 1.29 is 9.47 Å². The Morgan fingerprint density at radius 2 is 1.84 bits per heavy atom. The minimum atomic E-state index is 0.760. The zero-order valence-electron chi connectivity index (χ0n) is 15.2. The summed E-state index contributed by atoms with van der Waals surface area (Å²) in [7, 11) is 0. The van der Waals surface area contributed by atoms with Gasteiger partial charge in [-0.2, -0.15) is 0 Å². The second kappa shape index (κ2) is 9.59. The van der Waals surface area contributed by atoms with Crippen LogP contribution in [0.1, 0.15) is 25.3 Å². The quantitative estimate of drug-likeness (QED) is 0.711. The lowest BCUT2D eigenvalue weighted by molar-refractivity contribution is 0.0375. The molecule has 1 fully saturated rings. The first kappa shape index (κ1) is 18.0. The zero-order valence-corrected chi connectivity index (χ0v) is 15.2. The second-order valence-electron chi connectivity index (χ2n) is 6.60. The van der Waals surface area contributed by atoms with Crippen LogP contribution in [-0.2, 0) is 11.2 Å². The standard InChI is InChI=1S/C22H29NO2/c1-2-15-25-22-11-10-19(7-6-12-23-13-16-24-17-14-23)18-21(22)20-8-4-3-5-9-20/h3-5,8-11,18H,2,6-7,12-17H2,1H3. The highest BCUT2D eigenvalue weighted by Gasteiger charge is 2.11. The molecule has 25 heavy (non-hydrogen) atoms. The van der Waals surface area contributed by atoms with Gasteiger partial charge in [0.05, 0.1) is 19.8 Å². The topological polar surface area (TPSA) is 21.7 Å². The molecule has 0 unspecified atom stereocenters. The largest absolute Gasteiger partial charge is 0.493 e. The molecule has 2 aromatic carbocycles. The highest BCUT2D eigenvalue weighted by Crippen LogP contribution is 2.31. The van der Waals surface area contributed by atoms with E-state index in [1.54, 1.807) is 0 Å². The lowest BCUT2D eigenvalue weighted by Gasteiger charge is -2.26. The van der Waals surface area contributed by atoms with Gasteiger partial charge < -0.3 is 9.47 Å². The van der Waals surface area contributed by atoms with Crippen molar-refractivity contribution in [3.05, 3.63) is 54.1 Å². The van der Waals surface area contributed by atoms with Crippen LogP contribution in [0.2, 0.25) is 0 Å². The molecule has 1 saturated heterocycles. The molecule has 1 aliphatic rings. The molecule has 0 aromatic heterocycles. The first-order valence-corrected chi connectivity index (χ1v) is 9.48. The Labute approximate surface area is 151 Å². The molecule has 2 aromatic rings. The third kappa shape index (κ3) is 5.32. The number of aryl methyl sites for hydroxylation is 1. The summed E-state index contributed by atoms with van der Waals surface area (Å²) in [6, 6.07) is 17.2. The number of nitrogens with zero attached hydrogens (tertiary/aromatic N) is 1. The van der Waals surface area contributed by atoms with Crippen molar-refractivity contribution >= 4 is 0 Å². The molecule has 1 heterocycles. The number of hydrogen-bond donors (Lipinski definition) is 0. The van der Waals surface area contributed by atoms with Crippen molar-refractivity contribution in [2.75, 3.05) is 39.5 Å². The first-order chi connectivity index (χ1) is 12.4. The van der Waals surface area contributed by atoms with E-state index >= 15 is 0 Å². The average molecular weight is 339 g/mol. The van der Waals surface area contributed by atoms with Gasteiger partial charge in [-0.05, 0) is 49.1 Å².